The van der Waals surface area contributed by atoms with Crippen LogP contribution in [0, 0.1) is 12.8 Å². The van der Waals surface area contributed by atoms with Crippen LogP contribution < -0.4 is 10.1 Å². The molecule has 4 rings (SSSR count). The third-order valence-corrected chi connectivity index (χ3v) is 6.94. The number of aliphatic hydroxyl groups is 1. The van der Waals surface area contributed by atoms with Gasteiger partial charge in [-0.1, -0.05) is 25.7 Å². The molecule has 2 atom stereocenters. The second kappa shape index (κ2) is 9.99. The van der Waals surface area contributed by atoms with Gasteiger partial charge in [0.15, 0.2) is 5.75 Å². The monoisotopic (exact) mass is 518 g/mol. The van der Waals surface area contributed by atoms with E-state index in [-0.39, 0.29) is 18.0 Å². The van der Waals surface area contributed by atoms with E-state index in [0.29, 0.717) is 49.1 Å². The van der Waals surface area contributed by atoms with Gasteiger partial charge in [0.25, 0.3) is 0 Å². The van der Waals surface area contributed by atoms with E-state index < -0.39 is 47.3 Å². The fourth-order valence-electron chi connectivity index (χ4n) is 4.69. The van der Waals surface area contributed by atoms with E-state index in [4.69, 9.17) is 4.74 Å². The Morgan fingerprint density at radius 2 is 1.75 bits per heavy atom. The number of nitrogens with zero attached hydrogens (tertiary/aromatic N) is 1. The molecule has 2 aliphatic carbocycles. The summed E-state index contributed by atoms with van der Waals surface area (Å²) in [6.07, 6.45) is -5.98. The van der Waals surface area contributed by atoms with E-state index in [1.165, 1.54) is 10.6 Å². The van der Waals surface area contributed by atoms with Crippen LogP contribution in [0.4, 0.5) is 31.1 Å². The zero-order chi connectivity index (χ0) is 26.3. The first-order chi connectivity index (χ1) is 16.8. The van der Waals surface area contributed by atoms with E-state index in [2.05, 4.69) is 5.32 Å². The van der Waals surface area contributed by atoms with E-state index in [0.717, 1.165) is 25.7 Å². The second-order valence-corrected chi connectivity index (χ2v) is 9.61. The van der Waals surface area contributed by atoms with Crippen LogP contribution in [-0.4, -0.2) is 27.9 Å². The summed E-state index contributed by atoms with van der Waals surface area (Å²) in [4.78, 5) is 12.5. The van der Waals surface area contributed by atoms with Gasteiger partial charge in [0.1, 0.15) is 0 Å². The van der Waals surface area contributed by atoms with Gasteiger partial charge in [-0.3, -0.25) is 0 Å². The number of halogens is 6. The highest BCUT2D eigenvalue weighted by molar-refractivity contribution is 5.74. The van der Waals surface area contributed by atoms with Crippen molar-refractivity contribution in [3.05, 3.63) is 41.1 Å². The van der Waals surface area contributed by atoms with Crippen molar-refractivity contribution >= 4 is 6.09 Å². The number of aromatic nitrogens is 1. The molecule has 0 radical (unpaired) electrons. The van der Waals surface area contributed by atoms with Gasteiger partial charge in [-0.05, 0) is 50.3 Å². The smallest absolute Gasteiger partial charge is 0.408 e. The van der Waals surface area contributed by atoms with Crippen LogP contribution in [0.2, 0.25) is 0 Å². The lowest BCUT2D eigenvalue weighted by molar-refractivity contribution is -0.141. The minimum absolute atomic E-state index is 0.0471. The SMILES string of the molecule is Cc1c(OC(=O)N[C@@H]2CCCC[C@H]2O)cc(-c2cc(C(F)(F)F)ccc2C(F)(F)F)n1CCC1CC1. The van der Waals surface area contributed by atoms with Gasteiger partial charge in [0, 0.05) is 18.2 Å². The van der Waals surface area contributed by atoms with Gasteiger partial charge in [-0.25, -0.2) is 4.79 Å². The average molecular weight is 518 g/mol. The number of nitrogens with one attached hydrogen (secondary N) is 1. The number of carbonyl (C=O) groups excluding carboxylic acids is 1. The molecule has 0 saturated heterocycles. The predicted octanol–water partition coefficient (Wildman–Crippen LogP) is 6.69. The summed E-state index contributed by atoms with van der Waals surface area (Å²) in [5.41, 5.74) is -2.82. The maximum absolute atomic E-state index is 13.8. The zero-order valence-corrected chi connectivity index (χ0v) is 19.7. The molecule has 198 valence electrons. The van der Waals surface area contributed by atoms with E-state index in [9.17, 15) is 36.2 Å². The van der Waals surface area contributed by atoms with E-state index in [1.807, 2.05) is 0 Å². The Morgan fingerprint density at radius 3 is 2.36 bits per heavy atom. The van der Waals surface area contributed by atoms with E-state index >= 15 is 0 Å². The Hall–Kier alpha value is -2.69. The summed E-state index contributed by atoms with van der Waals surface area (Å²) in [6, 6.07) is 2.01. The average Bonchev–Trinajstić information content (AvgIpc) is 3.57. The molecule has 5 nitrogen and oxygen atoms in total. The second-order valence-electron chi connectivity index (χ2n) is 9.61. The van der Waals surface area contributed by atoms with Gasteiger partial charge in [0.05, 0.1) is 34.7 Å². The lowest BCUT2D eigenvalue weighted by atomic mass is 9.93. The normalized spacial score (nSPS) is 20.9. The molecule has 2 saturated carbocycles. The molecule has 2 fully saturated rings. The van der Waals surface area contributed by atoms with Gasteiger partial charge in [-0.2, -0.15) is 26.3 Å². The van der Waals surface area contributed by atoms with Gasteiger partial charge >= 0.3 is 18.4 Å². The number of benzene rings is 1. The van der Waals surface area contributed by atoms with Crippen molar-refractivity contribution in [2.75, 3.05) is 0 Å². The Kier molecular flexibility index (Phi) is 7.32. The first kappa shape index (κ1) is 26.4. The summed E-state index contributed by atoms with van der Waals surface area (Å²) >= 11 is 0. The largest absolute Gasteiger partial charge is 0.417 e. The Morgan fingerprint density at radius 1 is 1.06 bits per heavy atom. The number of aliphatic hydroxyl groups excluding tert-OH is 1. The minimum Gasteiger partial charge on any atom is -0.408 e. The zero-order valence-electron chi connectivity index (χ0n) is 19.7. The van der Waals surface area contributed by atoms with Crippen LogP contribution in [0.1, 0.15) is 61.8 Å². The molecular formula is C25H28F6N2O3. The molecule has 11 heteroatoms. The Bertz CT molecular complexity index is 1100. The fourth-order valence-corrected chi connectivity index (χ4v) is 4.69. The first-order valence-corrected chi connectivity index (χ1v) is 12.0. The van der Waals surface area contributed by atoms with E-state index in [1.54, 1.807) is 6.92 Å². The maximum Gasteiger partial charge on any atom is 0.417 e. The minimum atomic E-state index is -4.89. The fraction of sp³-hybridized carbons (Fsp3) is 0.560. The van der Waals surface area contributed by atoms with Crippen molar-refractivity contribution in [3.8, 4) is 17.0 Å². The topological polar surface area (TPSA) is 63.5 Å². The number of rotatable bonds is 6. The molecular weight excluding hydrogens is 490 g/mol. The summed E-state index contributed by atoms with van der Waals surface area (Å²) in [6.45, 7) is 1.82. The van der Waals surface area contributed by atoms with Crippen LogP contribution in [0.3, 0.4) is 0 Å². The molecule has 0 spiro atoms. The third kappa shape index (κ3) is 5.99. The van der Waals surface area contributed by atoms with Crippen LogP contribution in [0.15, 0.2) is 24.3 Å². The highest BCUT2D eigenvalue weighted by Gasteiger charge is 2.38. The molecule has 0 bridgehead atoms. The van der Waals surface area contributed by atoms with Crippen molar-refractivity contribution < 1.29 is 41.0 Å². The highest BCUT2D eigenvalue weighted by Crippen LogP contribution is 2.43. The molecule has 2 aliphatic rings. The maximum atomic E-state index is 13.8. The van der Waals surface area contributed by atoms with Crippen molar-refractivity contribution in [2.45, 2.75) is 82.9 Å². The van der Waals surface area contributed by atoms with Gasteiger partial charge in [-0.15, -0.1) is 0 Å². The predicted molar refractivity (Wildman–Crippen MR) is 119 cm³/mol. The van der Waals surface area contributed by atoms with Crippen LogP contribution in [0.25, 0.3) is 11.3 Å². The highest BCUT2D eigenvalue weighted by atomic mass is 19.4. The lowest BCUT2D eigenvalue weighted by Gasteiger charge is -2.27. The third-order valence-electron chi connectivity index (χ3n) is 6.94. The molecule has 1 aromatic carbocycles. The Balaban J connectivity index is 1.71. The van der Waals surface area contributed by atoms with Crippen LogP contribution in [-0.2, 0) is 18.9 Å². The summed E-state index contributed by atoms with van der Waals surface area (Å²) in [5.74, 6) is 0.359. The summed E-state index contributed by atoms with van der Waals surface area (Å²) in [7, 11) is 0. The summed E-state index contributed by atoms with van der Waals surface area (Å²) < 4.78 is 88.6. The van der Waals surface area contributed by atoms with Crippen molar-refractivity contribution in [1.29, 1.82) is 0 Å². The number of amides is 1. The Labute approximate surface area is 204 Å². The standard InChI is InChI=1S/C25H28F6N2O3/c1-14-22(36-23(35)32-19-4-2-3-5-21(19)34)13-20(33(14)11-10-15-6-7-15)17-12-16(24(26,27)28)8-9-18(17)25(29,30)31/h8-9,12-13,15,19,21,34H,2-7,10-11H2,1H3,(H,32,35)/t19-,21-/m1/s1. The molecule has 2 aromatic rings. The molecule has 1 amide bonds. The number of carbonyl (C=O) groups is 1. The number of ether oxygens (including phenoxy) is 1. The molecule has 0 unspecified atom stereocenters. The van der Waals surface area contributed by atoms with Crippen molar-refractivity contribution in [3.63, 3.8) is 0 Å². The molecule has 2 N–H and O–H groups in total. The number of hydrogen-bond acceptors (Lipinski definition) is 3. The molecule has 36 heavy (non-hydrogen) atoms. The van der Waals surface area contributed by atoms with Crippen LogP contribution in [0.5, 0.6) is 5.75 Å². The van der Waals surface area contributed by atoms with Crippen molar-refractivity contribution in [1.82, 2.24) is 9.88 Å². The summed E-state index contributed by atoms with van der Waals surface area (Å²) in [5, 5.41) is 12.7. The first-order valence-electron chi connectivity index (χ1n) is 12.0. The molecule has 1 aromatic heterocycles. The quantitative estimate of drug-likeness (QED) is 0.419. The molecule has 1 heterocycles. The number of alkyl halides is 6. The van der Waals surface area contributed by atoms with Crippen LogP contribution >= 0.6 is 0 Å². The molecule has 0 aliphatic heterocycles. The lowest BCUT2D eigenvalue weighted by Crippen LogP contribution is -2.46. The van der Waals surface area contributed by atoms with Crippen molar-refractivity contribution in [2.24, 2.45) is 5.92 Å². The van der Waals surface area contributed by atoms with Gasteiger partial charge in [0.2, 0.25) is 0 Å². The number of hydrogen-bond donors (Lipinski definition) is 2. The van der Waals surface area contributed by atoms with Gasteiger partial charge < -0.3 is 19.7 Å².